The van der Waals surface area contributed by atoms with Crippen LogP contribution in [0.3, 0.4) is 0 Å². The lowest BCUT2D eigenvalue weighted by molar-refractivity contribution is -0.122. The normalized spacial score (nSPS) is 22.2. The molecule has 3 rings (SSSR count). The minimum absolute atomic E-state index is 0.0184. The van der Waals surface area contributed by atoms with Crippen LogP contribution in [0.5, 0.6) is 0 Å². The summed E-state index contributed by atoms with van der Waals surface area (Å²) in [6.07, 6.45) is 1.79. The summed E-state index contributed by atoms with van der Waals surface area (Å²) >= 11 is 4.95. The molecule has 0 spiro atoms. The number of ether oxygens (including phenoxy) is 1. The van der Waals surface area contributed by atoms with E-state index in [1.165, 1.54) is 11.8 Å². The molecular formula is C16H20BrN3O3S. The number of carbonyl (C=O) groups excluding carboxylic acids is 1. The quantitative estimate of drug-likeness (QED) is 0.709. The van der Waals surface area contributed by atoms with E-state index in [9.17, 15) is 4.79 Å². The van der Waals surface area contributed by atoms with Gasteiger partial charge in [0.25, 0.3) is 5.91 Å². The summed E-state index contributed by atoms with van der Waals surface area (Å²) < 4.78 is 12.2. The first-order valence-corrected chi connectivity index (χ1v) is 9.62. The van der Waals surface area contributed by atoms with Gasteiger partial charge in [-0.3, -0.25) is 14.7 Å². The lowest BCUT2D eigenvalue weighted by Crippen LogP contribution is -2.36. The molecule has 3 heterocycles. The van der Waals surface area contributed by atoms with Crippen LogP contribution in [-0.4, -0.2) is 55.4 Å². The van der Waals surface area contributed by atoms with E-state index in [1.54, 1.807) is 11.0 Å². The Bertz CT molecular complexity index is 680. The molecule has 0 aliphatic carbocycles. The summed E-state index contributed by atoms with van der Waals surface area (Å²) in [4.78, 5) is 21.4. The summed E-state index contributed by atoms with van der Waals surface area (Å²) in [5.41, 5.74) is 0. The standard InChI is InChI=1S/C16H20BrN3O3S/c1-3-18-16-20(4-2)14(21)13(24-16)10-11-9-12(17)15(23-11)19-5-7-22-8-6-19/h9-10H,3-8H2,1-2H3/b13-10-,18-16?. The molecule has 0 saturated carbocycles. The molecule has 24 heavy (non-hydrogen) atoms. The van der Waals surface area contributed by atoms with Crippen LogP contribution in [0, 0.1) is 0 Å². The highest BCUT2D eigenvalue weighted by molar-refractivity contribution is 9.10. The number of nitrogens with zero attached hydrogens (tertiary/aromatic N) is 3. The summed E-state index contributed by atoms with van der Waals surface area (Å²) in [6, 6.07) is 1.90. The largest absolute Gasteiger partial charge is 0.440 e. The fraction of sp³-hybridized carbons (Fsp3) is 0.500. The van der Waals surface area contributed by atoms with E-state index in [2.05, 4.69) is 25.8 Å². The third-order valence-electron chi connectivity index (χ3n) is 3.76. The number of rotatable bonds is 4. The first kappa shape index (κ1) is 17.6. The molecule has 2 saturated heterocycles. The van der Waals surface area contributed by atoms with Gasteiger partial charge in [0.1, 0.15) is 5.76 Å². The van der Waals surface area contributed by atoms with Crippen LogP contribution in [0.4, 0.5) is 5.88 Å². The minimum atomic E-state index is -0.0184. The van der Waals surface area contributed by atoms with Gasteiger partial charge < -0.3 is 14.1 Å². The molecule has 1 amide bonds. The lowest BCUT2D eigenvalue weighted by atomic mass is 10.3. The number of hydrogen-bond donors (Lipinski definition) is 0. The van der Waals surface area contributed by atoms with Crippen LogP contribution in [0.2, 0.25) is 0 Å². The van der Waals surface area contributed by atoms with Gasteiger partial charge in [0.2, 0.25) is 5.88 Å². The Labute approximate surface area is 154 Å². The lowest BCUT2D eigenvalue weighted by Gasteiger charge is -2.26. The zero-order chi connectivity index (χ0) is 17.1. The molecule has 0 aromatic carbocycles. The van der Waals surface area contributed by atoms with Gasteiger partial charge in [-0.15, -0.1) is 0 Å². The number of amides is 1. The number of anilines is 1. The zero-order valence-electron chi connectivity index (χ0n) is 13.7. The molecule has 0 atom stereocenters. The summed E-state index contributed by atoms with van der Waals surface area (Å²) in [5.74, 6) is 1.43. The molecule has 0 unspecified atom stereocenters. The van der Waals surface area contributed by atoms with Crippen molar-refractivity contribution in [3.63, 3.8) is 0 Å². The minimum Gasteiger partial charge on any atom is -0.440 e. The van der Waals surface area contributed by atoms with Gasteiger partial charge in [-0.2, -0.15) is 0 Å². The molecule has 0 radical (unpaired) electrons. The van der Waals surface area contributed by atoms with E-state index in [4.69, 9.17) is 9.15 Å². The van der Waals surface area contributed by atoms with Crippen LogP contribution >= 0.6 is 27.7 Å². The van der Waals surface area contributed by atoms with Crippen molar-refractivity contribution in [2.75, 3.05) is 44.3 Å². The van der Waals surface area contributed by atoms with Gasteiger partial charge in [-0.05, 0) is 41.5 Å². The smallest absolute Gasteiger partial charge is 0.266 e. The van der Waals surface area contributed by atoms with Crippen molar-refractivity contribution in [3.05, 3.63) is 21.2 Å². The van der Waals surface area contributed by atoms with Crippen LogP contribution in [0.1, 0.15) is 19.6 Å². The Kier molecular flexibility index (Phi) is 5.68. The Hall–Kier alpha value is -1.25. The van der Waals surface area contributed by atoms with Gasteiger partial charge in [0.05, 0.1) is 22.6 Å². The molecule has 6 nitrogen and oxygen atoms in total. The third kappa shape index (κ3) is 3.55. The van der Waals surface area contributed by atoms with E-state index >= 15 is 0 Å². The second-order valence-electron chi connectivity index (χ2n) is 5.32. The first-order chi connectivity index (χ1) is 11.6. The maximum atomic E-state index is 12.5. The molecule has 2 aliphatic rings. The van der Waals surface area contributed by atoms with Gasteiger partial charge >= 0.3 is 0 Å². The molecule has 0 bridgehead atoms. The van der Waals surface area contributed by atoms with Crippen LogP contribution in [0.15, 0.2) is 24.9 Å². The maximum absolute atomic E-state index is 12.5. The number of thioether (sulfide) groups is 1. The Balaban J connectivity index is 1.84. The Morgan fingerprint density at radius 1 is 1.38 bits per heavy atom. The second kappa shape index (κ2) is 7.76. The maximum Gasteiger partial charge on any atom is 0.266 e. The van der Waals surface area contributed by atoms with E-state index in [0.29, 0.717) is 37.0 Å². The van der Waals surface area contributed by atoms with Crippen LogP contribution in [-0.2, 0) is 9.53 Å². The summed E-state index contributed by atoms with van der Waals surface area (Å²) in [5, 5.41) is 0.760. The van der Waals surface area contributed by atoms with Crippen LogP contribution in [0.25, 0.3) is 6.08 Å². The van der Waals surface area contributed by atoms with E-state index in [-0.39, 0.29) is 5.91 Å². The molecule has 2 fully saturated rings. The molecule has 2 aliphatic heterocycles. The van der Waals surface area contributed by atoms with Crippen molar-refractivity contribution in [2.45, 2.75) is 13.8 Å². The molecule has 8 heteroatoms. The fourth-order valence-electron chi connectivity index (χ4n) is 2.60. The van der Waals surface area contributed by atoms with Crippen molar-refractivity contribution < 1.29 is 13.9 Å². The van der Waals surface area contributed by atoms with Gasteiger partial charge in [0.15, 0.2) is 5.17 Å². The Morgan fingerprint density at radius 3 is 2.79 bits per heavy atom. The van der Waals surface area contributed by atoms with Gasteiger partial charge in [-0.25, -0.2) is 0 Å². The van der Waals surface area contributed by atoms with Crippen molar-refractivity contribution in [1.82, 2.24) is 4.90 Å². The Morgan fingerprint density at radius 2 is 2.12 bits per heavy atom. The number of furan rings is 1. The van der Waals surface area contributed by atoms with Crippen molar-refractivity contribution in [1.29, 1.82) is 0 Å². The molecule has 1 aromatic heterocycles. The van der Waals surface area contributed by atoms with Gasteiger partial charge in [0, 0.05) is 38.3 Å². The molecule has 130 valence electrons. The average molecular weight is 414 g/mol. The van der Waals surface area contributed by atoms with Gasteiger partial charge in [-0.1, -0.05) is 0 Å². The SMILES string of the molecule is CCN=C1S/C(=C\c2cc(Br)c(N3CCOCC3)o2)C(=O)N1CC. The van der Waals surface area contributed by atoms with E-state index in [0.717, 1.165) is 28.6 Å². The summed E-state index contributed by atoms with van der Waals surface area (Å²) in [7, 11) is 0. The van der Waals surface area contributed by atoms with E-state index in [1.807, 2.05) is 19.9 Å². The van der Waals surface area contributed by atoms with E-state index < -0.39 is 0 Å². The zero-order valence-corrected chi connectivity index (χ0v) is 16.2. The second-order valence-corrected chi connectivity index (χ2v) is 7.18. The summed E-state index contributed by atoms with van der Waals surface area (Å²) in [6.45, 7) is 8.17. The van der Waals surface area contributed by atoms with Crippen molar-refractivity contribution in [2.24, 2.45) is 4.99 Å². The van der Waals surface area contributed by atoms with Crippen LogP contribution < -0.4 is 4.90 Å². The average Bonchev–Trinajstić information content (AvgIpc) is 3.09. The number of likely N-dealkylation sites (N-methyl/N-ethyl adjacent to an activating group) is 1. The highest BCUT2D eigenvalue weighted by Crippen LogP contribution is 2.36. The predicted octanol–water partition coefficient (Wildman–Crippen LogP) is 3.19. The molecular weight excluding hydrogens is 394 g/mol. The van der Waals surface area contributed by atoms with Crippen molar-refractivity contribution >= 4 is 50.7 Å². The number of carbonyl (C=O) groups is 1. The third-order valence-corrected chi connectivity index (χ3v) is 5.37. The first-order valence-electron chi connectivity index (χ1n) is 8.02. The number of hydrogen-bond acceptors (Lipinski definition) is 6. The number of halogens is 1. The molecule has 0 N–H and O–H groups in total. The number of morpholine rings is 1. The molecule has 1 aromatic rings. The number of aliphatic imine (C=N–C) groups is 1. The monoisotopic (exact) mass is 413 g/mol. The number of amidine groups is 1. The predicted molar refractivity (Wildman–Crippen MR) is 100 cm³/mol. The van der Waals surface area contributed by atoms with Crippen molar-refractivity contribution in [3.8, 4) is 0 Å². The highest BCUT2D eigenvalue weighted by Gasteiger charge is 2.32. The topological polar surface area (TPSA) is 58.3 Å². The fourth-order valence-corrected chi connectivity index (χ4v) is 4.24. The highest BCUT2D eigenvalue weighted by atomic mass is 79.9.